The molecule has 0 spiro atoms. The molecule has 2 fully saturated rings. The van der Waals surface area contributed by atoms with E-state index in [0.717, 1.165) is 31.4 Å². The number of amides is 3. The van der Waals surface area contributed by atoms with Crippen LogP contribution < -0.4 is 5.32 Å². The zero-order chi connectivity index (χ0) is 16.9. The van der Waals surface area contributed by atoms with Crippen LogP contribution in [-0.2, 0) is 11.3 Å². The lowest BCUT2D eigenvalue weighted by molar-refractivity contribution is -0.130. The first-order valence-corrected chi connectivity index (χ1v) is 8.98. The molecular weight excluding hydrogens is 306 g/mol. The predicted octanol–water partition coefficient (Wildman–Crippen LogP) is 2.74. The van der Waals surface area contributed by atoms with Crippen LogP contribution in [0.3, 0.4) is 0 Å². The number of furan rings is 1. The molecule has 24 heavy (non-hydrogen) atoms. The Labute approximate surface area is 143 Å². The molecule has 0 aromatic carbocycles. The van der Waals surface area contributed by atoms with Gasteiger partial charge in [0.15, 0.2) is 0 Å². The average molecular weight is 333 g/mol. The van der Waals surface area contributed by atoms with Gasteiger partial charge in [0.1, 0.15) is 5.76 Å². The lowest BCUT2D eigenvalue weighted by Crippen LogP contribution is -2.52. The van der Waals surface area contributed by atoms with Crippen LogP contribution in [0.25, 0.3) is 0 Å². The van der Waals surface area contributed by atoms with Gasteiger partial charge in [0, 0.05) is 32.1 Å². The molecule has 1 N–H and O–H groups in total. The SMILES string of the molecule is CC(=O)N1CCC(N(Cc2ccco2)C(=O)NC2CCCC2)CC1. The van der Waals surface area contributed by atoms with Crippen LogP contribution in [0.5, 0.6) is 0 Å². The van der Waals surface area contributed by atoms with Gasteiger partial charge in [-0.15, -0.1) is 0 Å². The quantitative estimate of drug-likeness (QED) is 0.921. The molecular formula is C18H27N3O3. The molecule has 2 aliphatic rings. The van der Waals surface area contributed by atoms with Gasteiger partial charge in [0.25, 0.3) is 0 Å². The van der Waals surface area contributed by atoms with Gasteiger partial charge >= 0.3 is 6.03 Å². The maximum Gasteiger partial charge on any atom is 0.318 e. The van der Waals surface area contributed by atoms with Crippen LogP contribution in [0.15, 0.2) is 22.8 Å². The van der Waals surface area contributed by atoms with Crippen molar-refractivity contribution >= 4 is 11.9 Å². The summed E-state index contributed by atoms with van der Waals surface area (Å²) in [7, 11) is 0. The minimum Gasteiger partial charge on any atom is -0.467 e. The highest BCUT2D eigenvalue weighted by atomic mass is 16.3. The second-order valence-corrected chi connectivity index (χ2v) is 6.88. The van der Waals surface area contributed by atoms with E-state index in [1.54, 1.807) is 13.2 Å². The number of hydrogen-bond acceptors (Lipinski definition) is 3. The molecule has 6 nitrogen and oxygen atoms in total. The molecule has 0 unspecified atom stereocenters. The topological polar surface area (TPSA) is 65.8 Å². The number of rotatable bonds is 4. The number of carbonyl (C=O) groups excluding carboxylic acids is 2. The molecule has 1 saturated heterocycles. The predicted molar refractivity (Wildman–Crippen MR) is 90.3 cm³/mol. The summed E-state index contributed by atoms with van der Waals surface area (Å²) < 4.78 is 5.45. The standard InChI is InChI=1S/C18H27N3O3/c1-14(22)20-10-8-16(9-11-20)21(13-17-7-4-12-24-17)18(23)19-15-5-2-3-6-15/h4,7,12,15-16H,2-3,5-6,8-11,13H2,1H3,(H,19,23). The van der Waals surface area contributed by atoms with E-state index in [9.17, 15) is 9.59 Å². The Balaban J connectivity index is 1.65. The van der Waals surface area contributed by atoms with Gasteiger partial charge in [-0.2, -0.15) is 0 Å². The van der Waals surface area contributed by atoms with Crippen LogP contribution in [0, 0.1) is 0 Å². The van der Waals surface area contributed by atoms with Gasteiger partial charge < -0.3 is 19.5 Å². The Hall–Kier alpha value is -1.98. The molecule has 1 aromatic rings. The number of hydrogen-bond donors (Lipinski definition) is 1. The van der Waals surface area contributed by atoms with Gasteiger partial charge in [-0.1, -0.05) is 12.8 Å². The molecule has 2 heterocycles. The average Bonchev–Trinajstić information content (AvgIpc) is 3.26. The molecule has 0 atom stereocenters. The van der Waals surface area contributed by atoms with Gasteiger partial charge in [0.05, 0.1) is 12.8 Å². The second-order valence-electron chi connectivity index (χ2n) is 6.88. The number of nitrogens with one attached hydrogen (secondary N) is 1. The van der Waals surface area contributed by atoms with E-state index in [1.165, 1.54) is 12.8 Å². The first-order chi connectivity index (χ1) is 11.6. The number of likely N-dealkylation sites (tertiary alicyclic amines) is 1. The molecule has 3 rings (SSSR count). The van der Waals surface area contributed by atoms with Crippen molar-refractivity contribution in [1.82, 2.24) is 15.1 Å². The van der Waals surface area contributed by atoms with Crippen LogP contribution >= 0.6 is 0 Å². The van der Waals surface area contributed by atoms with E-state index in [1.807, 2.05) is 21.9 Å². The highest BCUT2D eigenvalue weighted by molar-refractivity contribution is 5.75. The number of carbonyl (C=O) groups is 2. The normalized spacial score (nSPS) is 19.5. The van der Waals surface area contributed by atoms with Crippen LogP contribution in [0.2, 0.25) is 0 Å². The van der Waals surface area contributed by atoms with Crippen molar-refractivity contribution in [3.05, 3.63) is 24.2 Å². The minimum absolute atomic E-state index is 0.000394. The van der Waals surface area contributed by atoms with E-state index in [4.69, 9.17) is 4.42 Å². The smallest absolute Gasteiger partial charge is 0.318 e. The first kappa shape index (κ1) is 16.9. The fraction of sp³-hybridized carbons (Fsp3) is 0.667. The van der Waals surface area contributed by atoms with Crippen molar-refractivity contribution in [2.75, 3.05) is 13.1 Å². The molecule has 1 aromatic heterocycles. The summed E-state index contributed by atoms with van der Waals surface area (Å²) in [5.74, 6) is 0.909. The van der Waals surface area contributed by atoms with Crippen molar-refractivity contribution in [2.45, 2.75) is 64.1 Å². The zero-order valence-corrected chi connectivity index (χ0v) is 14.4. The van der Waals surface area contributed by atoms with Crippen molar-refractivity contribution < 1.29 is 14.0 Å². The third-order valence-corrected chi connectivity index (χ3v) is 5.20. The van der Waals surface area contributed by atoms with Gasteiger partial charge in [-0.05, 0) is 37.8 Å². The summed E-state index contributed by atoms with van der Waals surface area (Å²) in [5.41, 5.74) is 0. The summed E-state index contributed by atoms with van der Waals surface area (Å²) in [6.45, 7) is 3.51. The Kier molecular flexibility index (Phi) is 5.43. The third-order valence-electron chi connectivity index (χ3n) is 5.20. The van der Waals surface area contributed by atoms with Crippen LogP contribution in [0.4, 0.5) is 4.79 Å². The molecule has 3 amide bonds. The molecule has 132 valence electrons. The van der Waals surface area contributed by atoms with Crippen molar-refractivity contribution in [3.8, 4) is 0 Å². The third kappa shape index (κ3) is 4.10. The Morgan fingerprint density at radius 2 is 1.96 bits per heavy atom. The first-order valence-electron chi connectivity index (χ1n) is 8.98. The summed E-state index contributed by atoms with van der Waals surface area (Å²) in [4.78, 5) is 28.1. The minimum atomic E-state index is -0.000394. The Morgan fingerprint density at radius 1 is 1.25 bits per heavy atom. The lowest BCUT2D eigenvalue weighted by atomic mass is 10.0. The van der Waals surface area contributed by atoms with E-state index in [-0.39, 0.29) is 18.0 Å². The Bertz CT molecular complexity index is 544. The number of urea groups is 1. The highest BCUT2D eigenvalue weighted by Crippen LogP contribution is 2.22. The maximum atomic E-state index is 12.8. The van der Waals surface area contributed by atoms with Crippen LogP contribution in [0.1, 0.15) is 51.2 Å². The molecule has 1 aliphatic heterocycles. The van der Waals surface area contributed by atoms with Crippen molar-refractivity contribution in [3.63, 3.8) is 0 Å². The van der Waals surface area contributed by atoms with Gasteiger partial charge in [0.2, 0.25) is 5.91 Å². The summed E-state index contributed by atoms with van der Waals surface area (Å²) in [6, 6.07) is 4.20. The fourth-order valence-electron chi connectivity index (χ4n) is 3.76. The van der Waals surface area contributed by atoms with E-state index < -0.39 is 0 Å². The summed E-state index contributed by atoms with van der Waals surface area (Å²) in [6.07, 6.45) is 7.81. The molecule has 0 radical (unpaired) electrons. The fourth-order valence-corrected chi connectivity index (χ4v) is 3.76. The molecule has 1 aliphatic carbocycles. The zero-order valence-electron chi connectivity index (χ0n) is 14.4. The van der Waals surface area contributed by atoms with E-state index in [2.05, 4.69) is 5.32 Å². The van der Waals surface area contributed by atoms with Gasteiger partial charge in [-0.25, -0.2) is 4.79 Å². The molecule has 1 saturated carbocycles. The van der Waals surface area contributed by atoms with Crippen LogP contribution in [-0.4, -0.2) is 46.9 Å². The maximum absolute atomic E-state index is 12.8. The molecule has 6 heteroatoms. The van der Waals surface area contributed by atoms with Crippen molar-refractivity contribution in [1.29, 1.82) is 0 Å². The van der Waals surface area contributed by atoms with E-state index in [0.29, 0.717) is 25.7 Å². The number of nitrogens with zero attached hydrogens (tertiary/aromatic N) is 2. The van der Waals surface area contributed by atoms with Crippen molar-refractivity contribution in [2.24, 2.45) is 0 Å². The molecule has 0 bridgehead atoms. The second kappa shape index (κ2) is 7.73. The largest absolute Gasteiger partial charge is 0.467 e. The van der Waals surface area contributed by atoms with E-state index >= 15 is 0 Å². The highest BCUT2D eigenvalue weighted by Gasteiger charge is 2.30. The van der Waals surface area contributed by atoms with Gasteiger partial charge in [-0.3, -0.25) is 4.79 Å². The monoisotopic (exact) mass is 333 g/mol. The lowest BCUT2D eigenvalue weighted by Gasteiger charge is -2.38. The number of piperidine rings is 1. The Morgan fingerprint density at radius 3 is 2.54 bits per heavy atom. The summed E-state index contributed by atoms with van der Waals surface area (Å²) >= 11 is 0. The summed E-state index contributed by atoms with van der Waals surface area (Å²) in [5, 5.41) is 3.19.